The summed E-state index contributed by atoms with van der Waals surface area (Å²) in [5.74, 6) is 0. The van der Waals surface area contributed by atoms with Crippen molar-refractivity contribution in [3.63, 3.8) is 0 Å². The summed E-state index contributed by atoms with van der Waals surface area (Å²) in [5, 5.41) is 22.9. The Morgan fingerprint density at radius 1 is 1.50 bits per heavy atom. The van der Waals surface area contributed by atoms with Gasteiger partial charge < -0.3 is 29.9 Å². The van der Waals surface area contributed by atoms with Crippen LogP contribution in [-0.2, 0) is 9.47 Å². The fourth-order valence-corrected chi connectivity index (χ4v) is 2.42. The minimum Gasteiger partial charge on any atom is -0.389 e. The Balaban J connectivity index is 2.02. The van der Waals surface area contributed by atoms with Crippen molar-refractivity contribution in [1.82, 2.24) is 10.2 Å². The largest absolute Gasteiger partial charge is 0.389 e. The first-order chi connectivity index (χ1) is 9.39. The smallest absolute Gasteiger partial charge is 0.0897 e. The van der Waals surface area contributed by atoms with Crippen molar-refractivity contribution < 1.29 is 19.7 Å². The maximum absolute atomic E-state index is 10.1. The van der Waals surface area contributed by atoms with Gasteiger partial charge in [0.1, 0.15) is 0 Å². The molecule has 0 amide bonds. The normalized spacial score (nSPS) is 24.0. The zero-order valence-electron chi connectivity index (χ0n) is 13.0. The van der Waals surface area contributed by atoms with Crippen molar-refractivity contribution in [2.45, 2.75) is 37.6 Å². The molecule has 0 spiro atoms. The molecule has 1 saturated heterocycles. The van der Waals surface area contributed by atoms with Crippen LogP contribution in [0.5, 0.6) is 0 Å². The number of aliphatic hydroxyl groups is 2. The first-order valence-corrected chi connectivity index (χ1v) is 7.34. The van der Waals surface area contributed by atoms with Gasteiger partial charge in [-0.2, -0.15) is 0 Å². The number of nitrogens with one attached hydrogen (secondary N) is 1. The van der Waals surface area contributed by atoms with Crippen molar-refractivity contribution in [2.24, 2.45) is 0 Å². The molecule has 3 N–H and O–H groups in total. The molecule has 0 saturated carbocycles. The molecule has 3 unspecified atom stereocenters. The molecule has 1 aliphatic heterocycles. The van der Waals surface area contributed by atoms with E-state index in [2.05, 4.69) is 5.32 Å². The monoisotopic (exact) mass is 290 g/mol. The Labute approximate surface area is 122 Å². The molecule has 1 heterocycles. The van der Waals surface area contributed by atoms with Gasteiger partial charge in [-0.15, -0.1) is 0 Å². The number of aliphatic hydroxyl groups excluding tert-OH is 1. The van der Waals surface area contributed by atoms with Crippen molar-refractivity contribution in [1.29, 1.82) is 0 Å². The molecule has 20 heavy (non-hydrogen) atoms. The van der Waals surface area contributed by atoms with E-state index in [0.717, 1.165) is 19.4 Å². The SMILES string of the molecule is CN(C)CC(C)(O)CNCC(O)COCC1CCCO1. The summed E-state index contributed by atoms with van der Waals surface area (Å²) in [6.45, 7) is 4.87. The van der Waals surface area contributed by atoms with E-state index in [4.69, 9.17) is 9.47 Å². The van der Waals surface area contributed by atoms with Crippen LogP contribution >= 0.6 is 0 Å². The van der Waals surface area contributed by atoms with Gasteiger partial charge in [0.25, 0.3) is 0 Å². The molecule has 0 aliphatic carbocycles. The molecular formula is C14H30N2O4. The summed E-state index contributed by atoms with van der Waals surface area (Å²) in [7, 11) is 3.84. The van der Waals surface area contributed by atoms with E-state index in [1.165, 1.54) is 0 Å². The lowest BCUT2D eigenvalue weighted by Crippen LogP contribution is -2.47. The Morgan fingerprint density at radius 2 is 2.25 bits per heavy atom. The van der Waals surface area contributed by atoms with Crippen LogP contribution in [0.1, 0.15) is 19.8 Å². The number of ether oxygens (including phenoxy) is 2. The van der Waals surface area contributed by atoms with Gasteiger partial charge in [0.05, 0.1) is 31.0 Å². The van der Waals surface area contributed by atoms with E-state index in [0.29, 0.717) is 32.8 Å². The number of hydrogen-bond donors (Lipinski definition) is 3. The first-order valence-electron chi connectivity index (χ1n) is 7.34. The molecule has 0 bridgehead atoms. The molecule has 1 rings (SSSR count). The van der Waals surface area contributed by atoms with Crippen molar-refractivity contribution in [3.05, 3.63) is 0 Å². The average molecular weight is 290 g/mol. The second-order valence-corrected chi connectivity index (χ2v) is 6.19. The topological polar surface area (TPSA) is 74.2 Å². The van der Waals surface area contributed by atoms with Crippen LogP contribution in [0.15, 0.2) is 0 Å². The minimum absolute atomic E-state index is 0.191. The highest BCUT2D eigenvalue weighted by atomic mass is 16.5. The standard InChI is InChI=1S/C14H30N2O4/c1-14(18,11-16(2)3)10-15-7-12(17)8-19-9-13-5-4-6-20-13/h12-13,15,17-18H,4-11H2,1-3H3. The van der Waals surface area contributed by atoms with E-state index in [-0.39, 0.29) is 6.10 Å². The lowest BCUT2D eigenvalue weighted by molar-refractivity contribution is -0.0189. The third-order valence-corrected chi connectivity index (χ3v) is 3.18. The third kappa shape index (κ3) is 8.14. The predicted molar refractivity (Wildman–Crippen MR) is 77.8 cm³/mol. The Bertz CT molecular complexity index is 256. The lowest BCUT2D eigenvalue weighted by atomic mass is 10.1. The van der Waals surface area contributed by atoms with Gasteiger partial charge in [0, 0.05) is 26.2 Å². The highest BCUT2D eigenvalue weighted by Gasteiger charge is 2.21. The van der Waals surface area contributed by atoms with Crippen molar-refractivity contribution in [3.8, 4) is 0 Å². The summed E-state index contributed by atoms with van der Waals surface area (Å²) < 4.78 is 10.9. The van der Waals surface area contributed by atoms with Crippen LogP contribution in [0.3, 0.4) is 0 Å². The average Bonchev–Trinajstić information content (AvgIpc) is 2.79. The molecule has 3 atom stereocenters. The summed E-state index contributed by atoms with van der Waals surface area (Å²) in [6.07, 6.45) is 1.77. The fraction of sp³-hybridized carbons (Fsp3) is 1.00. The second kappa shape index (κ2) is 8.92. The molecule has 0 aromatic rings. The number of hydrogen-bond acceptors (Lipinski definition) is 6. The fourth-order valence-electron chi connectivity index (χ4n) is 2.42. The van der Waals surface area contributed by atoms with Crippen LogP contribution in [0.25, 0.3) is 0 Å². The highest BCUT2D eigenvalue weighted by Crippen LogP contribution is 2.11. The maximum atomic E-state index is 10.1. The minimum atomic E-state index is -0.804. The van der Waals surface area contributed by atoms with Gasteiger partial charge in [0.15, 0.2) is 0 Å². The van der Waals surface area contributed by atoms with E-state index >= 15 is 0 Å². The summed E-state index contributed by atoms with van der Waals surface area (Å²) in [4.78, 5) is 1.93. The number of likely N-dealkylation sites (N-methyl/N-ethyl adjacent to an activating group) is 1. The van der Waals surface area contributed by atoms with E-state index in [1.54, 1.807) is 6.92 Å². The number of nitrogens with zero attached hydrogens (tertiary/aromatic N) is 1. The molecule has 0 radical (unpaired) electrons. The van der Waals surface area contributed by atoms with E-state index < -0.39 is 11.7 Å². The molecule has 120 valence electrons. The molecular weight excluding hydrogens is 260 g/mol. The summed E-state index contributed by atoms with van der Waals surface area (Å²) in [5.41, 5.74) is -0.804. The second-order valence-electron chi connectivity index (χ2n) is 6.19. The molecule has 6 nitrogen and oxygen atoms in total. The molecule has 6 heteroatoms. The van der Waals surface area contributed by atoms with Crippen LogP contribution in [0.4, 0.5) is 0 Å². The van der Waals surface area contributed by atoms with Crippen molar-refractivity contribution in [2.75, 3.05) is 53.6 Å². The predicted octanol–water partition coefficient (Wildman–Crippen LogP) is -0.555. The highest BCUT2D eigenvalue weighted by molar-refractivity contribution is 4.78. The van der Waals surface area contributed by atoms with E-state index in [9.17, 15) is 10.2 Å². The Kier molecular flexibility index (Phi) is 7.94. The van der Waals surface area contributed by atoms with Gasteiger partial charge in [0.2, 0.25) is 0 Å². The maximum Gasteiger partial charge on any atom is 0.0897 e. The van der Waals surface area contributed by atoms with Crippen LogP contribution < -0.4 is 5.32 Å². The Hall–Kier alpha value is -0.240. The van der Waals surface area contributed by atoms with Gasteiger partial charge in [-0.25, -0.2) is 0 Å². The van der Waals surface area contributed by atoms with Gasteiger partial charge >= 0.3 is 0 Å². The quantitative estimate of drug-likeness (QED) is 0.501. The molecule has 1 fully saturated rings. The number of rotatable bonds is 10. The van der Waals surface area contributed by atoms with Gasteiger partial charge in [-0.05, 0) is 33.9 Å². The van der Waals surface area contributed by atoms with Crippen LogP contribution in [0, 0.1) is 0 Å². The van der Waals surface area contributed by atoms with Gasteiger partial charge in [-0.1, -0.05) is 0 Å². The first kappa shape index (κ1) is 17.8. The summed E-state index contributed by atoms with van der Waals surface area (Å²) in [6, 6.07) is 0. The van der Waals surface area contributed by atoms with Crippen LogP contribution in [-0.4, -0.2) is 86.5 Å². The molecule has 0 aromatic carbocycles. The lowest BCUT2D eigenvalue weighted by Gasteiger charge is -2.27. The molecule has 0 aromatic heterocycles. The van der Waals surface area contributed by atoms with Crippen molar-refractivity contribution >= 4 is 0 Å². The third-order valence-electron chi connectivity index (χ3n) is 3.18. The summed E-state index contributed by atoms with van der Waals surface area (Å²) >= 11 is 0. The molecule has 1 aliphatic rings. The van der Waals surface area contributed by atoms with Gasteiger partial charge in [-0.3, -0.25) is 0 Å². The van der Waals surface area contributed by atoms with Crippen LogP contribution in [0.2, 0.25) is 0 Å². The zero-order valence-corrected chi connectivity index (χ0v) is 13.0. The van der Waals surface area contributed by atoms with E-state index in [1.807, 2.05) is 19.0 Å². The Morgan fingerprint density at radius 3 is 2.85 bits per heavy atom. The zero-order chi connectivity index (χ0) is 15.0.